The largest absolute Gasteiger partial charge is 0.496 e. The highest BCUT2D eigenvalue weighted by molar-refractivity contribution is 14.1. The lowest BCUT2D eigenvalue weighted by Crippen LogP contribution is -2.10. The molecule has 27 heavy (non-hydrogen) atoms. The molecule has 0 radical (unpaired) electrons. The monoisotopic (exact) mass is 503 g/mol. The maximum absolute atomic E-state index is 14.4. The van der Waals surface area contributed by atoms with Crippen LogP contribution < -0.4 is 4.74 Å². The molecule has 0 amide bonds. The fourth-order valence-electron chi connectivity index (χ4n) is 2.65. The minimum atomic E-state index is -0.579. The van der Waals surface area contributed by atoms with Crippen LogP contribution in [0.1, 0.15) is 0 Å². The van der Waals surface area contributed by atoms with Gasteiger partial charge in [0.2, 0.25) is 0 Å². The van der Waals surface area contributed by atoms with E-state index in [1.807, 2.05) is 6.07 Å². The predicted octanol–water partition coefficient (Wildman–Crippen LogP) is 4.52. The Bertz CT molecular complexity index is 956. The average molecular weight is 503 g/mol. The van der Waals surface area contributed by atoms with Crippen LogP contribution in [0.5, 0.6) is 5.75 Å². The SMILES string of the molecule is COc1cccc(F)c1-c1cc2c(I)nn(COCCS(C)(C)C)c2cn1. The number of hydrogen-bond acceptors (Lipinski definition) is 4. The highest BCUT2D eigenvalue weighted by atomic mass is 127. The molecule has 3 rings (SSSR count). The first-order valence-electron chi connectivity index (χ1n) is 8.39. The van der Waals surface area contributed by atoms with Crippen molar-refractivity contribution in [3.63, 3.8) is 0 Å². The highest BCUT2D eigenvalue weighted by Crippen LogP contribution is 2.34. The van der Waals surface area contributed by atoms with Crippen LogP contribution in [0.2, 0.25) is 0 Å². The van der Waals surface area contributed by atoms with Gasteiger partial charge in [0.15, 0.2) is 0 Å². The average Bonchev–Trinajstić information content (AvgIpc) is 2.93. The molecule has 0 aliphatic carbocycles. The lowest BCUT2D eigenvalue weighted by Gasteiger charge is -2.24. The third-order valence-electron chi connectivity index (χ3n) is 4.10. The number of fused-ring (bicyclic) bond motifs is 1. The van der Waals surface area contributed by atoms with Gasteiger partial charge >= 0.3 is 0 Å². The van der Waals surface area contributed by atoms with Crippen LogP contribution in [0.3, 0.4) is 0 Å². The van der Waals surface area contributed by atoms with Crippen molar-refractivity contribution in [3.8, 4) is 17.0 Å². The summed E-state index contributed by atoms with van der Waals surface area (Å²) < 4.78 is 28.1. The summed E-state index contributed by atoms with van der Waals surface area (Å²) in [6.45, 7) is 1.08. The smallest absolute Gasteiger partial charge is 0.140 e. The molecule has 2 aromatic heterocycles. The minimum Gasteiger partial charge on any atom is -0.496 e. The number of hydrogen-bond donors (Lipinski definition) is 0. The summed E-state index contributed by atoms with van der Waals surface area (Å²) in [5, 5.41) is 5.46. The minimum absolute atomic E-state index is 0.356. The Morgan fingerprint density at radius 3 is 2.74 bits per heavy atom. The van der Waals surface area contributed by atoms with E-state index in [4.69, 9.17) is 9.47 Å². The van der Waals surface area contributed by atoms with Crippen LogP contribution in [-0.4, -0.2) is 53.0 Å². The van der Waals surface area contributed by atoms with E-state index in [0.717, 1.165) is 20.4 Å². The second-order valence-corrected chi connectivity index (χ2v) is 12.6. The lowest BCUT2D eigenvalue weighted by atomic mass is 10.1. The van der Waals surface area contributed by atoms with Crippen LogP contribution in [0.15, 0.2) is 30.5 Å². The number of ether oxygens (including phenoxy) is 2. The molecule has 0 unspecified atom stereocenters. The van der Waals surface area contributed by atoms with Crippen molar-refractivity contribution in [1.29, 1.82) is 0 Å². The van der Waals surface area contributed by atoms with Gasteiger partial charge in [0.05, 0.1) is 36.7 Å². The predicted molar refractivity (Wildman–Crippen MR) is 118 cm³/mol. The van der Waals surface area contributed by atoms with E-state index in [1.54, 1.807) is 23.0 Å². The first-order valence-corrected chi connectivity index (χ1v) is 12.5. The second kappa shape index (κ2) is 8.32. The third-order valence-corrected chi connectivity index (χ3v) is 6.29. The number of benzene rings is 1. The van der Waals surface area contributed by atoms with Crippen molar-refractivity contribution in [1.82, 2.24) is 14.8 Å². The van der Waals surface area contributed by atoms with E-state index >= 15 is 0 Å². The number of nitrogens with zero attached hydrogens (tertiary/aromatic N) is 3. The van der Waals surface area contributed by atoms with Gasteiger partial charge in [0, 0.05) is 11.1 Å². The standard InChI is InChI=1S/C19H23FIN3O2S/c1-25-17-7-5-6-14(20)18(17)15-10-13-16(11-22-15)24(23-19(13)21)12-26-8-9-27(2,3)4/h5-7,10-11H,8-9,12H2,1-4H3. The maximum atomic E-state index is 14.4. The number of halogens is 2. The molecule has 8 heteroatoms. The molecule has 0 fully saturated rings. The molecule has 0 saturated carbocycles. The third kappa shape index (κ3) is 4.72. The molecule has 3 aromatic rings. The van der Waals surface area contributed by atoms with Gasteiger partial charge in [-0.15, -0.1) is 0 Å². The van der Waals surface area contributed by atoms with Gasteiger partial charge < -0.3 is 9.47 Å². The topological polar surface area (TPSA) is 49.2 Å². The van der Waals surface area contributed by atoms with E-state index < -0.39 is 10.0 Å². The summed E-state index contributed by atoms with van der Waals surface area (Å²) >= 11 is 2.18. The van der Waals surface area contributed by atoms with Gasteiger partial charge in [-0.05, 0) is 59.6 Å². The molecule has 146 valence electrons. The number of pyridine rings is 1. The van der Waals surface area contributed by atoms with Crippen molar-refractivity contribution in [2.45, 2.75) is 6.73 Å². The Labute approximate surface area is 173 Å². The fraction of sp³-hybridized carbons (Fsp3) is 0.368. The quantitative estimate of drug-likeness (QED) is 0.352. The van der Waals surface area contributed by atoms with E-state index in [1.165, 1.54) is 13.2 Å². The van der Waals surface area contributed by atoms with Gasteiger partial charge in [-0.2, -0.15) is 5.10 Å². The first kappa shape index (κ1) is 20.3. The molecular weight excluding hydrogens is 480 g/mol. The molecule has 0 aliphatic rings. The van der Waals surface area contributed by atoms with Crippen LogP contribution in [0, 0.1) is 9.52 Å². The van der Waals surface area contributed by atoms with Crippen molar-refractivity contribution < 1.29 is 13.9 Å². The Morgan fingerprint density at radius 2 is 2.04 bits per heavy atom. The van der Waals surface area contributed by atoms with Crippen molar-refractivity contribution in [2.24, 2.45) is 0 Å². The zero-order chi connectivity index (χ0) is 19.6. The van der Waals surface area contributed by atoms with Crippen LogP contribution >= 0.6 is 32.6 Å². The Morgan fingerprint density at radius 1 is 1.26 bits per heavy atom. The normalized spacial score (nSPS) is 12.5. The van der Waals surface area contributed by atoms with Crippen LogP contribution in [-0.2, 0) is 11.5 Å². The molecule has 0 saturated heterocycles. The summed E-state index contributed by atoms with van der Waals surface area (Å²) in [5.41, 5.74) is 1.74. The summed E-state index contributed by atoms with van der Waals surface area (Å²) in [7, 11) is 0.944. The second-order valence-electron chi connectivity index (χ2n) is 7.03. The van der Waals surface area contributed by atoms with Gasteiger partial charge in [-0.1, -0.05) is 6.07 Å². The first-order chi connectivity index (χ1) is 12.8. The van der Waals surface area contributed by atoms with Gasteiger partial charge in [0.25, 0.3) is 0 Å². The van der Waals surface area contributed by atoms with Crippen LogP contribution in [0.4, 0.5) is 4.39 Å². The van der Waals surface area contributed by atoms with E-state index in [2.05, 4.69) is 51.4 Å². The molecular formula is C19H23FIN3O2S. The molecule has 0 atom stereocenters. The zero-order valence-electron chi connectivity index (χ0n) is 15.8. The summed E-state index contributed by atoms with van der Waals surface area (Å²) in [5.74, 6) is 1.15. The molecule has 0 spiro atoms. The highest BCUT2D eigenvalue weighted by Gasteiger charge is 2.16. The molecule has 5 nitrogen and oxygen atoms in total. The molecule has 0 N–H and O–H groups in total. The summed E-state index contributed by atoms with van der Waals surface area (Å²) in [4.78, 5) is 4.45. The van der Waals surface area contributed by atoms with Crippen molar-refractivity contribution >= 4 is 43.5 Å². The summed E-state index contributed by atoms with van der Waals surface area (Å²) in [6.07, 6.45) is 8.52. The zero-order valence-corrected chi connectivity index (χ0v) is 18.8. The molecule has 0 bridgehead atoms. The Kier molecular flexibility index (Phi) is 6.27. The van der Waals surface area contributed by atoms with Gasteiger partial charge in [0.1, 0.15) is 22.0 Å². The molecule has 2 heterocycles. The number of methoxy groups -OCH3 is 1. The van der Waals surface area contributed by atoms with Crippen LogP contribution in [0.25, 0.3) is 22.2 Å². The molecule has 0 aliphatic heterocycles. The fourth-order valence-corrected chi connectivity index (χ4v) is 3.96. The Hall–Kier alpha value is -1.39. The number of rotatable bonds is 7. The van der Waals surface area contributed by atoms with Crippen molar-refractivity contribution in [2.75, 3.05) is 38.2 Å². The molecule has 1 aromatic carbocycles. The van der Waals surface area contributed by atoms with E-state index in [-0.39, 0.29) is 5.82 Å². The van der Waals surface area contributed by atoms with E-state index in [9.17, 15) is 4.39 Å². The number of aromatic nitrogens is 3. The summed E-state index contributed by atoms with van der Waals surface area (Å²) in [6, 6.07) is 6.60. The maximum Gasteiger partial charge on any atom is 0.140 e. The lowest BCUT2D eigenvalue weighted by molar-refractivity contribution is 0.0838. The van der Waals surface area contributed by atoms with Gasteiger partial charge in [-0.3, -0.25) is 4.98 Å². The Balaban J connectivity index is 1.89. The van der Waals surface area contributed by atoms with Gasteiger partial charge in [-0.25, -0.2) is 19.1 Å². The van der Waals surface area contributed by atoms with Crippen molar-refractivity contribution in [3.05, 3.63) is 40.0 Å². The van der Waals surface area contributed by atoms with E-state index in [0.29, 0.717) is 30.3 Å².